The number of rotatable bonds is 10. The van der Waals surface area contributed by atoms with Crippen LogP contribution in [0.15, 0.2) is 42.5 Å². The molecule has 1 fully saturated rings. The minimum absolute atomic E-state index is 0.129. The van der Waals surface area contributed by atoms with Gasteiger partial charge in [-0.2, -0.15) is 0 Å². The summed E-state index contributed by atoms with van der Waals surface area (Å²) in [4.78, 5) is 28.8. The van der Waals surface area contributed by atoms with Crippen LogP contribution in [-0.2, 0) is 26.2 Å². The average molecular weight is 514 g/mol. The van der Waals surface area contributed by atoms with Gasteiger partial charge in [0.05, 0.1) is 11.9 Å². The predicted molar refractivity (Wildman–Crippen MR) is 144 cm³/mol. The second-order valence-corrected chi connectivity index (χ2v) is 11.8. The van der Waals surface area contributed by atoms with E-state index in [0.717, 1.165) is 58.5 Å². The lowest BCUT2D eigenvalue weighted by Gasteiger charge is -2.34. The van der Waals surface area contributed by atoms with Crippen molar-refractivity contribution in [1.29, 1.82) is 0 Å². The van der Waals surface area contributed by atoms with E-state index >= 15 is 0 Å². The van der Waals surface area contributed by atoms with Crippen molar-refractivity contribution < 1.29 is 18.0 Å². The first-order valence-electron chi connectivity index (χ1n) is 12.7. The van der Waals surface area contributed by atoms with Gasteiger partial charge in [0, 0.05) is 12.6 Å². The van der Waals surface area contributed by atoms with E-state index in [2.05, 4.69) is 5.32 Å². The summed E-state index contributed by atoms with van der Waals surface area (Å²) in [5, 5.41) is 3.13. The molecule has 1 saturated carbocycles. The molecule has 0 heterocycles. The molecule has 0 spiro atoms. The Kier molecular flexibility index (Phi) is 9.17. The van der Waals surface area contributed by atoms with Crippen molar-refractivity contribution in [2.45, 2.75) is 78.4 Å². The maximum absolute atomic E-state index is 13.9. The summed E-state index contributed by atoms with van der Waals surface area (Å²) in [7, 11) is -3.75. The molecule has 0 saturated heterocycles. The van der Waals surface area contributed by atoms with Gasteiger partial charge in [0.25, 0.3) is 0 Å². The van der Waals surface area contributed by atoms with Crippen molar-refractivity contribution in [2.24, 2.45) is 0 Å². The number of aryl methyl sites for hydroxylation is 2. The van der Waals surface area contributed by atoms with Gasteiger partial charge in [0.2, 0.25) is 21.8 Å². The Morgan fingerprint density at radius 3 is 2.25 bits per heavy atom. The average Bonchev–Trinajstić information content (AvgIpc) is 3.33. The molecule has 0 radical (unpaired) electrons. The summed E-state index contributed by atoms with van der Waals surface area (Å²) in [6.07, 6.45) is 5.61. The Morgan fingerprint density at radius 1 is 1.00 bits per heavy atom. The van der Waals surface area contributed by atoms with Gasteiger partial charge in [-0.1, -0.05) is 56.2 Å². The van der Waals surface area contributed by atoms with Crippen molar-refractivity contribution in [2.75, 3.05) is 17.1 Å². The van der Waals surface area contributed by atoms with E-state index in [1.165, 1.54) is 0 Å². The Balaban J connectivity index is 1.96. The maximum Gasteiger partial charge on any atom is 0.244 e. The summed E-state index contributed by atoms with van der Waals surface area (Å²) in [5.41, 5.74) is 4.15. The first-order chi connectivity index (χ1) is 17.0. The third-order valence-electron chi connectivity index (χ3n) is 7.21. The molecule has 8 heteroatoms. The smallest absolute Gasteiger partial charge is 0.244 e. The zero-order valence-electron chi connectivity index (χ0n) is 22.1. The van der Waals surface area contributed by atoms with E-state index in [4.69, 9.17) is 0 Å². The molecule has 2 aromatic rings. The summed E-state index contributed by atoms with van der Waals surface area (Å²) in [5.74, 6) is -0.581. The third-order valence-corrected chi connectivity index (χ3v) is 8.34. The topological polar surface area (TPSA) is 86.8 Å². The van der Waals surface area contributed by atoms with Crippen LogP contribution in [0.1, 0.15) is 61.3 Å². The Labute approximate surface area is 215 Å². The van der Waals surface area contributed by atoms with Gasteiger partial charge in [0.15, 0.2) is 0 Å². The molecule has 2 amide bonds. The second-order valence-electron chi connectivity index (χ2n) is 9.85. The van der Waals surface area contributed by atoms with Crippen molar-refractivity contribution >= 4 is 27.5 Å². The number of nitrogens with zero attached hydrogens (tertiary/aromatic N) is 2. The van der Waals surface area contributed by atoms with E-state index in [-0.39, 0.29) is 25.0 Å². The van der Waals surface area contributed by atoms with E-state index in [0.29, 0.717) is 12.1 Å². The molecule has 1 atom stereocenters. The van der Waals surface area contributed by atoms with Crippen LogP contribution in [0, 0.1) is 20.8 Å². The fraction of sp³-hybridized carbons (Fsp3) is 0.500. The van der Waals surface area contributed by atoms with Gasteiger partial charge >= 0.3 is 0 Å². The minimum atomic E-state index is -3.75. The molecule has 7 nitrogen and oxygen atoms in total. The first-order valence-corrected chi connectivity index (χ1v) is 14.6. The quantitative estimate of drug-likeness (QED) is 0.515. The number of hydrogen-bond donors (Lipinski definition) is 1. The lowest BCUT2D eigenvalue weighted by atomic mass is 10.1. The Morgan fingerprint density at radius 2 is 1.64 bits per heavy atom. The second kappa shape index (κ2) is 11.9. The minimum Gasteiger partial charge on any atom is -0.352 e. The number of anilines is 1. The molecule has 0 aliphatic heterocycles. The zero-order chi connectivity index (χ0) is 26.5. The molecule has 1 N–H and O–H groups in total. The van der Waals surface area contributed by atoms with Crippen molar-refractivity contribution in [3.8, 4) is 0 Å². The zero-order valence-corrected chi connectivity index (χ0v) is 22.9. The largest absolute Gasteiger partial charge is 0.352 e. The monoisotopic (exact) mass is 513 g/mol. The fourth-order valence-electron chi connectivity index (χ4n) is 4.86. The van der Waals surface area contributed by atoms with Gasteiger partial charge in [-0.25, -0.2) is 8.42 Å². The number of nitrogens with one attached hydrogen (secondary N) is 1. The molecule has 36 heavy (non-hydrogen) atoms. The van der Waals surface area contributed by atoms with Gasteiger partial charge < -0.3 is 10.2 Å². The Bertz CT molecular complexity index is 1190. The van der Waals surface area contributed by atoms with Crippen LogP contribution in [0.25, 0.3) is 0 Å². The fourth-order valence-corrected chi connectivity index (χ4v) is 5.76. The van der Waals surface area contributed by atoms with E-state index in [1.54, 1.807) is 17.0 Å². The molecule has 1 aliphatic carbocycles. The standard InChI is InChI=1S/C28H39N3O4S/c1-6-25(28(33)29-24-15-9-10-16-24)30(18-23-14-8-7-12-21(23)3)27(32)19-31(36(5,34)35)26-17-11-13-20(2)22(26)4/h7-8,11-14,17,24-25H,6,9-10,15-16,18-19H2,1-5H3,(H,29,33)/t25-/m1/s1. The van der Waals surface area contributed by atoms with Crippen molar-refractivity contribution in [3.63, 3.8) is 0 Å². The van der Waals surface area contributed by atoms with Crippen LogP contribution in [0.3, 0.4) is 0 Å². The molecule has 196 valence electrons. The van der Waals surface area contributed by atoms with Crippen LogP contribution >= 0.6 is 0 Å². The summed E-state index contributed by atoms with van der Waals surface area (Å²) >= 11 is 0. The number of carbonyl (C=O) groups is 2. The highest BCUT2D eigenvalue weighted by molar-refractivity contribution is 7.92. The normalized spacial score (nSPS) is 14.9. The molecule has 0 bridgehead atoms. The van der Waals surface area contributed by atoms with Gasteiger partial charge in [0.1, 0.15) is 12.6 Å². The lowest BCUT2D eigenvalue weighted by Crippen LogP contribution is -2.53. The van der Waals surface area contributed by atoms with Gasteiger partial charge in [-0.05, 0) is 68.4 Å². The molecule has 3 rings (SSSR count). The van der Waals surface area contributed by atoms with E-state index in [1.807, 2.05) is 58.0 Å². The highest BCUT2D eigenvalue weighted by atomic mass is 32.2. The first kappa shape index (κ1) is 27.7. The van der Waals surface area contributed by atoms with Crippen LogP contribution < -0.4 is 9.62 Å². The number of benzene rings is 2. The molecule has 0 unspecified atom stereocenters. The van der Waals surface area contributed by atoms with Crippen LogP contribution in [0.4, 0.5) is 5.69 Å². The van der Waals surface area contributed by atoms with Crippen molar-refractivity contribution in [1.82, 2.24) is 10.2 Å². The van der Waals surface area contributed by atoms with Crippen LogP contribution in [0.2, 0.25) is 0 Å². The summed E-state index contributed by atoms with van der Waals surface area (Å²) < 4.78 is 26.8. The Hall–Kier alpha value is -2.87. The highest BCUT2D eigenvalue weighted by Crippen LogP contribution is 2.26. The predicted octanol–water partition coefficient (Wildman–Crippen LogP) is 4.24. The maximum atomic E-state index is 13.9. The van der Waals surface area contributed by atoms with Gasteiger partial charge in [-0.3, -0.25) is 13.9 Å². The number of amides is 2. The summed E-state index contributed by atoms with van der Waals surface area (Å²) in [6, 6.07) is 12.6. The van der Waals surface area contributed by atoms with E-state index < -0.39 is 22.0 Å². The molecular formula is C28H39N3O4S. The van der Waals surface area contributed by atoms with E-state index in [9.17, 15) is 18.0 Å². The number of sulfonamides is 1. The molecule has 0 aromatic heterocycles. The molecule has 2 aromatic carbocycles. The molecular weight excluding hydrogens is 474 g/mol. The lowest BCUT2D eigenvalue weighted by molar-refractivity contribution is -0.140. The van der Waals surface area contributed by atoms with Crippen LogP contribution in [-0.4, -0.2) is 50.0 Å². The van der Waals surface area contributed by atoms with Crippen molar-refractivity contribution in [3.05, 3.63) is 64.7 Å². The van der Waals surface area contributed by atoms with Gasteiger partial charge in [-0.15, -0.1) is 0 Å². The number of carbonyl (C=O) groups excluding carboxylic acids is 2. The highest BCUT2D eigenvalue weighted by Gasteiger charge is 2.33. The van der Waals surface area contributed by atoms with Crippen LogP contribution in [0.5, 0.6) is 0 Å². The summed E-state index contributed by atoms with van der Waals surface area (Å²) in [6.45, 7) is 7.47. The number of hydrogen-bond acceptors (Lipinski definition) is 4. The third kappa shape index (κ3) is 6.66. The SMILES string of the molecule is CC[C@H](C(=O)NC1CCCC1)N(Cc1ccccc1C)C(=O)CN(c1cccc(C)c1C)S(C)(=O)=O. The molecule has 1 aliphatic rings.